The van der Waals surface area contributed by atoms with E-state index in [1.807, 2.05) is 6.92 Å². The predicted octanol–water partition coefficient (Wildman–Crippen LogP) is 1.42. The van der Waals surface area contributed by atoms with Gasteiger partial charge in [-0.1, -0.05) is 25.0 Å². The molecular weight excluding hydrogens is 148 g/mol. The van der Waals surface area contributed by atoms with Crippen molar-refractivity contribution >= 4 is 0 Å². The highest BCUT2D eigenvalue weighted by molar-refractivity contribution is 4.87. The summed E-state index contributed by atoms with van der Waals surface area (Å²) in [4.78, 5) is 0. The van der Waals surface area contributed by atoms with Crippen LogP contribution in [-0.4, -0.2) is 18.6 Å². The lowest BCUT2D eigenvalue weighted by molar-refractivity contribution is 0.337. The van der Waals surface area contributed by atoms with E-state index in [0.717, 1.165) is 6.54 Å². The van der Waals surface area contributed by atoms with Crippen molar-refractivity contribution in [3.63, 3.8) is 0 Å². The Hall–Kier alpha value is -0.340. The van der Waals surface area contributed by atoms with E-state index in [-0.39, 0.29) is 0 Å². The molecule has 70 valence electrons. The minimum atomic E-state index is 0.379. The highest BCUT2D eigenvalue weighted by Crippen LogP contribution is 2.16. The Morgan fingerprint density at radius 3 is 2.83 bits per heavy atom. The fourth-order valence-electron chi connectivity index (χ4n) is 1.75. The molecule has 0 bridgehead atoms. The van der Waals surface area contributed by atoms with E-state index >= 15 is 0 Å². The van der Waals surface area contributed by atoms with Crippen molar-refractivity contribution in [2.45, 2.75) is 44.7 Å². The summed E-state index contributed by atoms with van der Waals surface area (Å²) >= 11 is 0. The Labute approximate surface area is 75.2 Å². The molecule has 2 atom stereocenters. The Balaban J connectivity index is 2.20. The fourth-order valence-corrected chi connectivity index (χ4v) is 1.75. The summed E-state index contributed by atoms with van der Waals surface area (Å²) in [7, 11) is 0. The van der Waals surface area contributed by atoms with Crippen molar-refractivity contribution in [2.75, 3.05) is 6.54 Å². The van der Waals surface area contributed by atoms with Gasteiger partial charge in [-0.05, 0) is 19.8 Å². The number of nitrogens with one attached hydrogen (secondary N) is 1. The molecule has 0 radical (unpaired) electrons. The third-order valence-corrected chi connectivity index (χ3v) is 2.55. The van der Waals surface area contributed by atoms with E-state index in [4.69, 9.17) is 5.73 Å². The second kappa shape index (κ2) is 5.33. The van der Waals surface area contributed by atoms with Crippen LogP contribution < -0.4 is 11.1 Å². The van der Waals surface area contributed by atoms with Crippen LogP contribution in [0, 0.1) is 0 Å². The van der Waals surface area contributed by atoms with E-state index in [9.17, 15) is 0 Å². The Bertz CT molecular complexity index is 143. The van der Waals surface area contributed by atoms with Crippen molar-refractivity contribution in [1.29, 1.82) is 0 Å². The Morgan fingerprint density at radius 1 is 1.42 bits per heavy atom. The molecule has 2 unspecified atom stereocenters. The van der Waals surface area contributed by atoms with Gasteiger partial charge in [0.1, 0.15) is 0 Å². The first-order valence-electron chi connectivity index (χ1n) is 4.94. The third-order valence-electron chi connectivity index (χ3n) is 2.55. The van der Waals surface area contributed by atoms with Gasteiger partial charge in [-0.2, -0.15) is 0 Å². The minimum Gasteiger partial charge on any atom is -0.326 e. The lowest BCUT2D eigenvalue weighted by Crippen LogP contribution is -2.47. The summed E-state index contributed by atoms with van der Waals surface area (Å²) in [6.45, 7) is 3.01. The molecule has 0 amide bonds. The first-order valence-corrected chi connectivity index (χ1v) is 4.94. The van der Waals surface area contributed by atoms with E-state index in [1.165, 1.54) is 25.7 Å². The summed E-state index contributed by atoms with van der Waals surface area (Å²) in [6, 6.07) is 0.930. The molecule has 0 aromatic rings. The number of rotatable bonds is 3. The zero-order chi connectivity index (χ0) is 8.81. The van der Waals surface area contributed by atoms with Gasteiger partial charge < -0.3 is 11.1 Å². The van der Waals surface area contributed by atoms with Gasteiger partial charge in [-0.25, -0.2) is 0 Å². The second-order valence-electron chi connectivity index (χ2n) is 3.53. The van der Waals surface area contributed by atoms with Gasteiger partial charge in [-0.15, -0.1) is 0 Å². The van der Waals surface area contributed by atoms with E-state index in [2.05, 4.69) is 17.5 Å². The zero-order valence-electron chi connectivity index (χ0n) is 7.92. The van der Waals surface area contributed by atoms with Gasteiger partial charge in [0.15, 0.2) is 0 Å². The molecule has 0 saturated heterocycles. The van der Waals surface area contributed by atoms with E-state index < -0.39 is 0 Å². The van der Waals surface area contributed by atoms with Crippen LogP contribution in [0.25, 0.3) is 0 Å². The third kappa shape index (κ3) is 2.95. The van der Waals surface area contributed by atoms with Gasteiger partial charge in [0, 0.05) is 18.6 Å². The van der Waals surface area contributed by atoms with Gasteiger partial charge >= 0.3 is 0 Å². The first kappa shape index (κ1) is 9.75. The molecular formula is C10H20N2. The highest BCUT2D eigenvalue weighted by Gasteiger charge is 2.19. The SMILES string of the molecule is CC=CCNC1CCCCC1N. The highest BCUT2D eigenvalue weighted by atomic mass is 14.9. The molecule has 0 aromatic carbocycles. The molecule has 3 N–H and O–H groups in total. The van der Waals surface area contributed by atoms with Crippen LogP contribution in [0.15, 0.2) is 12.2 Å². The first-order chi connectivity index (χ1) is 5.84. The number of allylic oxidation sites excluding steroid dienone is 1. The smallest absolute Gasteiger partial charge is 0.0222 e. The predicted molar refractivity (Wildman–Crippen MR) is 53.0 cm³/mol. The number of nitrogens with two attached hydrogens (primary N) is 1. The molecule has 1 saturated carbocycles. The van der Waals surface area contributed by atoms with Crippen LogP contribution in [0.4, 0.5) is 0 Å². The summed E-state index contributed by atoms with van der Waals surface area (Å²) in [5.41, 5.74) is 5.97. The van der Waals surface area contributed by atoms with Crippen LogP contribution in [0.3, 0.4) is 0 Å². The summed E-state index contributed by atoms with van der Waals surface area (Å²) in [6.07, 6.45) is 9.29. The van der Waals surface area contributed by atoms with E-state index in [1.54, 1.807) is 0 Å². The van der Waals surface area contributed by atoms with Crippen LogP contribution in [0.2, 0.25) is 0 Å². The fraction of sp³-hybridized carbons (Fsp3) is 0.800. The molecule has 2 heteroatoms. The van der Waals surface area contributed by atoms with E-state index in [0.29, 0.717) is 12.1 Å². The summed E-state index contributed by atoms with van der Waals surface area (Å²) < 4.78 is 0. The largest absolute Gasteiger partial charge is 0.326 e. The topological polar surface area (TPSA) is 38.0 Å². The molecule has 0 spiro atoms. The second-order valence-corrected chi connectivity index (χ2v) is 3.53. The Morgan fingerprint density at radius 2 is 2.17 bits per heavy atom. The standard InChI is InChI=1S/C10H20N2/c1-2-3-8-12-10-7-5-4-6-9(10)11/h2-3,9-10,12H,4-8,11H2,1H3. The van der Waals surface area contributed by atoms with Crippen LogP contribution in [0.5, 0.6) is 0 Å². The van der Waals surface area contributed by atoms with Crippen LogP contribution in [-0.2, 0) is 0 Å². The van der Waals surface area contributed by atoms with Gasteiger partial charge in [0.05, 0.1) is 0 Å². The molecule has 0 aliphatic heterocycles. The van der Waals surface area contributed by atoms with Crippen LogP contribution >= 0.6 is 0 Å². The molecule has 1 aliphatic carbocycles. The molecule has 1 fully saturated rings. The lowest BCUT2D eigenvalue weighted by Gasteiger charge is -2.29. The molecule has 2 nitrogen and oxygen atoms in total. The molecule has 1 rings (SSSR count). The average molecular weight is 168 g/mol. The van der Waals surface area contributed by atoms with Gasteiger partial charge in [0.25, 0.3) is 0 Å². The summed E-state index contributed by atoms with van der Waals surface area (Å²) in [5, 5.41) is 3.46. The molecule has 1 aliphatic rings. The van der Waals surface area contributed by atoms with Crippen molar-refractivity contribution in [3.05, 3.63) is 12.2 Å². The molecule has 0 heterocycles. The average Bonchev–Trinajstić information content (AvgIpc) is 2.09. The molecule has 0 aromatic heterocycles. The molecule has 12 heavy (non-hydrogen) atoms. The minimum absolute atomic E-state index is 0.379. The van der Waals surface area contributed by atoms with Gasteiger partial charge in [0.2, 0.25) is 0 Å². The number of hydrogen-bond donors (Lipinski definition) is 2. The maximum Gasteiger partial charge on any atom is 0.0222 e. The van der Waals surface area contributed by atoms with Crippen molar-refractivity contribution in [3.8, 4) is 0 Å². The van der Waals surface area contributed by atoms with Crippen molar-refractivity contribution < 1.29 is 0 Å². The quantitative estimate of drug-likeness (QED) is 0.625. The number of hydrogen-bond acceptors (Lipinski definition) is 2. The normalized spacial score (nSPS) is 31.2. The van der Waals surface area contributed by atoms with Crippen molar-refractivity contribution in [2.24, 2.45) is 5.73 Å². The van der Waals surface area contributed by atoms with Gasteiger partial charge in [-0.3, -0.25) is 0 Å². The summed E-state index contributed by atoms with van der Waals surface area (Å²) in [5.74, 6) is 0. The lowest BCUT2D eigenvalue weighted by atomic mass is 9.91. The zero-order valence-corrected chi connectivity index (χ0v) is 7.92. The van der Waals surface area contributed by atoms with Crippen LogP contribution in [0.1, 0.15) is 32.6 Å². The maximum atomic E-state index is 5.97. The monoisotopic (exact) mass is 168 g/mol. The maximum absolute atomic E-state index is 5.97. The Kier molecular flexibility index (Phi) is 4.33. The van der Waals surface area contributed by atoms with Crippen molar-refractivity contribution in [1.82, 2.24) is 5.32 Å².